The van der Waals surface area contributed by atoms with Gasteiger partial charge in [-0.25, -0.2) is 0 Å². The highest BCUT2D eigenvalue weighted by Gasteiger charge is 2.06. The van der Waals surface area contributed by atoms with Crippen LogP contribution in [0.4, 0.5) is 5.69 Å². The van der Waals surface area contributed by atoms with Crippen molar-refractivity contribution in [2.24, 2.45) is 0 Å². The minimum atomic E-state index is 0.708. The number of hydrogen-bond donors (Lipinski definition) is 1. The third kappa shape index (κ3) is 2.22. The zero-order valence-electron chi connectivity index (χ0n) is 10.6. The van der Waals surface area contributed by atoms with Crippen LogP contribution in [0.2, 0.25) is 0 Å². The molecule has 2 N–H and O–H groups in total. The van der Waals surface area contributed by atoms with Crippen LogP contribution in [0.1, 0.15) is 5.56 Å². The maximum Gasteiger partial charge on any atom is 0.135 e. The van der Waals surface area contributed by atoms with Gasteiger partial charge in [-0.15, -0.1) is 0 Å². The van der Waals surface area contributed by atoms with Gasteiger partial charge in [0.1, 0.15) is 11.5 Å². The van der Waals surface area contributed by atoms with Crippen LogP contribution in [0.5, 0.6) is 11.5 Å². The molecular weight excluding hydrogens is 236 g/mol. The highest BCUT2D eigenvalue weighted by atomic mass is 16.5. The maximum absolute atomic E-state index is 5.94. The average molecular weight is 250 g/mol. The standard InChI is InChI=1S/C16H14N2O/c1-11-2-4-12(5-3-11)19-16-7-6-15(17)14-10-18-9-8-13(14)16/h2-10H,17H2,1H3. The molecule has 94 valence electrons. The molecule has 0 aliphatic rings. The molecule has 0 aliphatic heterocycles. The van der Waals surface area contributed by atoms with Gasteiger partial charge >= 0.3 is 0 Å². The summed E-state index contributed by atoms with van der Waals surface area (Å²) in [5.74, 6) is 1.60. The van der Waals surface area contributed by atoms with Crippen LogP contribution in [0.15, 0.2) is 54.9 Å². The largest absolute Gasteiger partial charge is 0.457 e. The summed E-state index contributed by atoms with van der Waals surface area (Å²) in [7, 11) is 0. The number of rotatable bonds is 2. The monoisotopic (exact) mass is 250 g/mol. The van der Waals surface area contributed by atoms with Crippen molar-refractivity contribution in [3.63, 3.8) is 0 Å². The number of aromatic nitrogens is 1. The van der Waals surface area contributed by atoms with Gasteiger partial charge in [0.05, 0.1) is 0 Å². The van der Waals surface area contributed by atoms with Crippen molar-refractivity contribution in [2.75, 3.05) is 5.73 Å². The molecule has 19 heavy (non-hydrogen) atoms. The fourth-order valence-corrected chi connectivity index (χ4v) is 2.01. The molecule has 0 spiro atoms. The van der Waals surface area contributed by atoms with Gasteiger partial charge in [-0.05, 0) is 37.3 Å². The van der Waals surface area contributed by atoms with E-state index in [4.69, 9.17) is 10.5 Å². The van der Waals surface area contributed by atoms with E-state index in [-0.39, 0.29) is 0 Å². The van der Waals surface area contributed by atoms with Gasteiger partial charge in [0.2, 0.25) is 0 Å². The van der Waals surface area contributed by atoms with Crippen LogP contribution in [-0.4, -0.2) is 4.98 Å². The minimum Gasteiger partial charge on any atom is -0.457 e. The predicted molar refractivity (Wildman–Crippen MR) is 77.4 cm³/mol. The Balaban J connectivity index is 2.06. The fraction of sp³-hybridized carbons (Fsp3) is 0.0625. The Labute approximate surface area is 111 Å². The maximum atomic E-state index is 5.94. The molecule has 0 saturated carbocycles. The second kappa shape index (κ2) is 4.61. The van der Waals surface area contributed by atoms with Crippen molar-refractivity contribution in [3.8, 4) is 11.5 Å². The second-order valence-corrected chi connectivity index (χ2v) is 4.49. The summed E-state index contributed by atoms with van der Waals surface area (Å²) in [4.78, 5) is 4.10. The number of pyridine rings is 1. The number of hydrogen-bond acceptors (Lipinski definition) is 3. The summed E-state index contributed by atoms with van der Waals surface area (Å²) < 4.78 is 5.92. The third-order valence-electron chi connectivity index (χ3n) is 3.06. The lowest BCUT2D eigenvalue weighted by Crippen LogP contribution is -1.91. The van der Waals surface area contributed by atoms with E-state index >= 15 is 0 Å². The molecule has 0 unspecified atom stereocenters. The fourth-order valence-electron chi connectivity index (χ4n) is 2.01. The Bertz CT molecular complexity index is 720. The summed E-state index contributed by atoms with van der Waals surface area (Å²) in [6.45, 7) is 2.05. The second-order valence-electron chi connectivity index (χ2n) is 4.49. The van der Waals surface area contributed by atoms with Crippen LogP contribution >= 0.6 is 0 Å². The molecule has 0 bridgehead atoms. The van der Waals surface area contributed by atoms with E-state index in [0.717, 1.165) is 22.3 Å². The summed E-state index contributed by atoms with van der Waals surface area (Å²) in [6, 6.07) is 13.6. The van der Waals surface area contributed by atoms with Crippen molar-refractivity contribution in [3.05, 3.63) is 60.4 Å². The van der Waals surface area contributed by atoms with E-state index in [1.807, 2.05) is 49.4 Å². The van der Waals surface area contributed by atoms with Gasteiger partial charge in [-0.3, -0.25) is 4.98 Å². The van der Waals surface area contributed by atoms with Gasteiger partial charge < -0.3 is 10.5 Å². The van der Waals surface area contributed by atoms with Crippen molar-refractivity contribution in [2.45, 2.75) is 6.92 Å². The van der Waals surface area contributed by atoms with E-state index in [1.54, 1.807) is 12.4 Å². The number of fused-ring (bicyclic) bond motifs is 1. The molecule has 0 atom stereocenters. The minimum absolute atomic E-state index is 0.708. The van der Waals surface area contributed by atoms with Crippen LogP contribution in [0.25, 0.3) is 10.8 Å². The highest BCUT2D eigenvalue weighted by molar-refractivity contribution is 5.96. The smallest absolute Gasteiger partial charge is 0.135 e. The molecule has 1 heterocycles. The molecule has 0 amide bonds. The summed E-state index contributed by atoms with van der Waals surface area (Å²) in [5.41, 5.74) is 7.86. The van der Waals surface area contributed by atoms with Crippen molar-refractivity contribution < 1.29 is 4.74 Å². The van der Waals surface area contributed by atoms with Gasteiger partial charge in [-0.2, -0.15) is 0 Å². The van der Waals surface area contributed by atoms with Gasteiger partial charge in [0.25, 0.3) is 0 Å². The predicted octanol–water partition coefficient (Wildman–Crippen LogP) is 3.92. The van der Waals surface area contributed by atoms with E-state index in [2.05, 4.69) is 4.98 Å². The van der Waals surface area contributed by atoms with Crippen LogP contribution in [0.3, 0.4) is 0 Å². The first-order chi connectivity index (χ1) is 9.24. The molecule has 3 aromatic rings. The Morgan fingerprint density at radius 1 is 0.947 bits per heavy atom. The summed E-state index contributed by atoms with van der Waals surface area (Å²) >= 11 is 0. The van der Waals surface area contributed by atoms with Crippen molar-refractivity contribution >= 4 is 16.5 Å². The quantitative estimate of drug-likeness (QED) is 0.701. The Morgan fingerprint density at radius 2 is 1.74 bits per heavy atom. The molecule has 3 rings (SSSR count). The normalized spacial score (nSPS) is 10.6. The van der Waals surface area contributed by atoms with E-state index in [9.17, 15) is 0 Å². The Hall–Kier alpha value is -2.55. The van der Waals surface area contributed by atoms with Crippen LogP contribution < -0.4 is 10.5 Å². The molecule has 1 aromatic heterocycles. The lowest BCUT2D eigenvalue weighted by molar-refractivity contribution is 0.488. The number of nitrogens with zero attached hydrogens (tertiary/aromatic N) is 1. The zero-order valence-corrected chi connectivity index (χ0v) is 10.6. The van der Waals surface area contributed by atoms with E-state index in [0.29, 0.717) is 5.69 Å². The molecule has 0 radical (unpaired) electrons. The SMILES string of the molecule is Cc1ccc(Oc2ccc(N)c3cnccc23)cc1. The zero-order chi connectivity index (χ0) is 13.2. The van der Waals surface area contributed by atoms with E-state index < -0.39 is 0 Å². The number of benzene rings is 2. The molecule has 0 saturated heterocycles. The molecule has 2 aromatic carbocycles. The lowest BCUT2D eigenvalue weighted by Gasteiger charge is -2.10. The Kier molecular flexibility index (Phi) is 2.80. The first kappa shape index (κ1) is 11.5. The summed E-state index contributed by atoms with van der Waals surface area (Å²) in [5, 5.41) is 1.88. The summed E-state index contributed by atoms with van der Waals surface area (Å²) in [6.07, 6.45) is 3.50. The first-order valence-corrected chi connectivity index (χ1v) is 6.11. The average Bonchev–Trinajstić information content (AvgIpc) is 2.45. The third-order valence-corrected chi connectivity index (χ3v) is 3.06. The molecule has 0 aliphatic carbocycles. The number of anilines is 1. The van der Waals surface area contributed by atoms with Gasteiger partial charge in [0.15, 0.2) is 0 Å². The molecular formula is C16H14N2O. The van der Waals surface area contributed by atoms with Crippen molar-refractivity contribution in [1.82, 2.24) is 4.98 Å². The van der Waals surface area contributed by atoms with Crippen molar-refractivity contribution in [1.29, 1.82) is 0 Å². The number of aryl methyl sites for hydroxylation is 1. The molecule has 3 heteroatoms. The lowest BCUT2D eigenvalue weighted by atomic mass is 10.1. The number of nitrogen functional groups attached to an aromatic ring is 1. The van der Waals surface area contributed by atoms with Gasteiger partial charge in [-0.1, -0.05) is 17.7 Å². The first-order valence-electron chi connectivity index (χ1n) is 6.11. The Morgan fingerprint density at radius 3 is 2.53 bits per heavy atom. The van der Waals surface area contributed by atoms with Crippen LogP contribution in [-0.2, 0) is 0 Å². The molecule has 3 nitrogen and oxygen atoms in total. The highest BCUT2D eigenvalue weighted by Crippen LogP contribution is 2.32. The number of nitrogens with two attached hydrogens (primary N) is 1. The van der Waals surface area contributed by atoms with E-state index in [1.165, 1.54) is 5.56 Å². The number of ether oxygens (including phenoxy) is 1. The van der Waals surface area contributed by atoms with Crippen LogP contribution in [0, 0.1) is 6.92 Å². The topological polar surface area (TPSA) is 48.1 Å². The molecule has 0 fully saturated rings. The van der Waals surface area contributed by atoms with Gasteiger partial charge in [0, 0.05) is 28.9 Å².